The minimum atomic E-state index is -0.560. The summed E-state index contributed by atoms with van der Waals surface area (Å²) in [5.74, 6) is 0. The quantitative estimate of drug-likeness (QED) is 0.213. The van der Waals surface area contributed by atoms with Gasteiger partial charge in [0.15, 0.2) is 0 Å². The monoisotopic (exact) mass is 320 g/mol. The molecule has 21 heavy (non-hydrogen) atoms. The van der Waals surface area contributed by atoms with E-state index in [0.29, 0.717) is 19.6 Å². The molecule has 0 amide bonds. The minimum Gasteiger partial charge on any atom is -0.396 e. The predicted octanol–water partition coefficient (Wildman–Crippen LogP) is -3.32. The van der Waals surface area contributed by atoms with Gasteiger partial charge < -0.3 is 45.6 Å². The Hall–Kier alpha value is -0.360. The third kappa shape index (κ3) is 81.9. The molecule has 0 rings (SSSR count). The molecule has 0 aromatic heterocycles. The van der Waals surface area contributed by atoms with Crippen LogP contribution in [0.1, 0.15) is 13.3 Å². The number of hydrogen-bond donors (Lipinski definition) is 8. The molecule has 8 N–H and O–H groups in total. The first kappa shape index (κ1) is 28.8. The SMILES string of the molecule is CC(O)CO.OCCCO.OCCO.OCCOCCO. The van der Waals surface area contributed by atoms with E-state index in [1.54, 1.807) is 0 Å². The van der Waals surface area contributed by atoms with E-state index >= 15 is 0 Å². The summed E-state index contributed by atoms with van der Waals surface area (Å²) in [5.41, 5.74) is 0. The normalized spacial score (nSPS) is 10.1. The Morgan fingerprint density at radius 3 is 1.10 bits per heavy atom. The van der Waals surface area contributed by atoms with Gasteiger partial charge in [0, 0.05) is 13.2 Å². The maximum Gasteiger partial charge on any atom is 0.0742 e. The summed E-state index contributed by atoms with van der Waals surface area (Å²) in [4.78, 5) is 0. The van der Waals surface area contributed by atoms with Gasteiger partial charge in [0.05, 0.1) is 52.4 Å². The van der Waals surface area contributed by atoms with Crippen LogP contribution < -0.4 is 0 Å². The summed E-state index contributed by atoms with van der Waals surface area (Å²) in [5, 5.41) is 63.2. The first-order valence-corrected chi connectivity index (χ1v) is 6.53. The van der Waals surface area contributed by atoms with Crippen LogP contribution >= 0.6 is 0 Å². The molecule has 9 heteroatoms. The van der Waals surface area contributed by atoms with Gasteiger partial charge in [0.25, 0.3) is 0 Å². The molecule has 1 atom stereocenters. The van der Waals surface area contributed by atoms with Crippen LogP contribution in [0.3, 0.4) is 0 Å². The van der Waals surface area contributed by atoms with Crippen LogP contribution in [0.4, 0.5) is 0 Å². The van der Waals surface area contributed by atoms with Crippen molar-refractivity contribution < 1.29 is 45.6 Å². The fraction of sp³-hybridized carbons (Fsp3) is 1.00. The molecule has 1 unspecified atom stereocenters. The first-order valence-electron chi connectivity index (χ1n) is 6.53. The van der Waals surface area contributed by atoms with Crippen LogP contribution in [0, 0.1) is 0 Å². The van der Waals surface area contributed by atoms with Crippen LogP contribution in [-0.2, 0) is 4.74 Å². The van der Waals surface area contributed by atoms with E-state index in [2.05, 4.69) is 4.74 Å². The molecule has 0 saturated carbocycles. The smallest absolute Gasteiger partial charge is 0.0742 e. The summed E-state index contributed by atoms with van der Waals surface area (Å²) in [6.45, 7) is 2.02. The zero-order valence-electron chi connectivity index (χ0n) is 12.6. The molecule has 134 valence electrons. The molecule has 0 radical (unpaired) electrons. The number of aliphatic hydroxyl groups is 8. The lowest BCUT2D eigenvalue weighted by molar-refractivity contribution is 0.0650. The van der Waals surface area contributed by atoms with Gasteiger partial charge in [-0.1, -0.05) is 0 Å². The predicted molar refractivity (Wildman–Crippen MR) is 76.7 cm³/mol. The Morgan fingerprint density at radius 1 is 0.667 bits per heavy atom. The van der Waals surface area contributed by atoms with Crippen molar-refractivity contribution in [2.45, 2.75) is 19.4 Å². The summed E-state index contributed by atoms with van der Waals surface area (Å²) >= 11 is 0. The van der Waals surface area contributed by atoms with Gasteiger partial charge in [0.1, 0.15) is 0 Å². The largest absolute Gasteiger partial charge is 0.396 e. The van der Waals surface area contributed by atoms with Gasteiger partial charge in [-0.3, -0.25) is 0 Å². The van der Waals surface area contributed by atoms with E-state index in [1.165, 1.54) is 6.92 Å². The molecule has 0 aliphatic heterocycles. The number of hydrogen-bond acceptors (Lipinski definition) is 9. The number of aliphatic hydroxyl groups excluding tert-OH is 8. The Balaban J connectivity index is -0.0000000939. The van der Waals surface area contributed by atoms with Crippen molar-refractivity contribution in [2.75, 3.05) is 59.5 Å². The molecule has 0 fully saturated rings. The summed E-state index contributed by atoms with van der Waals surface area (Å²) in [6, 6.07) is 0. The Bertz CT molecular complexity index is 117. The van der Waals surface area contributed by atoms with E-state index in [4.69, 9.17) is 40.9 Å². The van der Waals surface area contributed by atoms with Crippen molar-refractivity contribution in [2.24, 2.45) is 0 Å². The first-order chi connectivity index (χ1) is 10.0. The molecule has 0 spiro atoms. The highest BCUT2D eigenvalue weighted by Crippen LogP contribution is 1.69. The second-order valence-corrected chi connectivity index (χ2v) is 3.34. The van der Waals surface area contributed by atoms with E-state index in [9.17, 15) is 0 Å². The highest BCUT2D eigenvalue weighted by atomic mass is 16.5. The van der Waals surface area contributed by atoms with E-state index < -0.39 is 6.10 Å². The van der Waals surface area contributed by atoms with Crippen LogP contribution in [0.5, 0.6) is 0 Å². The molecule has 0 aromatic rings. The summed E-state index contributed by atoms with van der Waals surface area (Å²) in [6.07, 6.45) is -0.0602. The fourth-order valence-corrected chi connectivity index (χ4v) is 0.302. The zero-order chi connectivity index (χ0) is 17.4. The second-order valence-electron chi connectivity index (χ2n) is 3.34. The molecule has 9 nitrogen and oxygen atoms in total. The highest BCUT2D eigenvalue weighted by Gasteiger charge is 1.83. The van der Waals surface area contributed by atoms with Crippen LogP contribution in [0.25, 0.3) is 0 Å². The summed E-state index contributed by atoms with van der Waals surface area (Å²) < 4.78 is 4.63. The van der Waals surface area contributed by atoms with Gasteiger partial charge >= 0.3 is 0 Å². The Morgan fingerprint density at radius 2 is 1.00 bits per heavy atom. The van der Waals surface area contributed by atoms with Gasteiger partial charge in [-0.15, -0.1) is 0 Å². The van der Waals surface area contributed by atoms with Crippen molar-refractivity contribution in [3.63, 3.8) is 0 Å². The van der Waals surface area contributed by atoms with E-state index in [0.717, 1.165) is 0 Å². The topological polar surface area (TPSA) is 171 Å². The molecule has 0 aliphatic carbocycles. The third-order valence-corrected chi connectivity index (χ3v) is 1.15. The van der Waals surface area contributed by atoms with Crippen LogP contribution in [0.15, 0.2) is 0 Å². The van der Waals surface area contributed by atoms with Crippen molar-refractivity contribution in [3.8, 4) is 0 Å². The third-order valence-electron chi connectivity index (χ3n) is 1.15. The molecule has 0 heterocycles. The van der Waals surface area contributed by atoms with Gasteiger partial charge in [-0.2, -0.15) is 0 Å². The lowest BCUT2D eigenvalue weighted by Crippen LogP contribution is -2.03. The maximum absolute atomic E-state index is 8.11. The highest BCUT2D eigenvalue weighted by molar-refractivity contribution is 4.34. The van der Waals surface area contributed by atoms with Crippen molar-refractivity contribution in [1.82, 2.24) is 0 Å². The Labute approximate surface area is 125 Å². The molecule has 0 saturated heterocycles. The Kier molecular flexibility index (Phi) is 50.2. The van der Waals surface area contributed by atoms with Gasteiger partial charge in [-0.25, -0.2) is 0 Å². The van der Waals surface area contributed by atoms with E-state index in [-0.39, 0.29) is 46.2 Å². The van der Waals surface area contributed by atoms with Gasteiger partial charge in [0.2, 0.25) is 0 Å². The molecular formula is C12H32O9. The molecule has 0 aromatic carbocycles. The van der Waals surface area contributed by atoms with E-state index in [1.807, 2.05) is 0 Å². The number of ether oxygens (including phenoxy) is 1. The molecular weight excluding hydrogens is 288 g/mol. The van der Waals surface area contributed by atoms with Crippen LogP contribution in [0.2, 0.25) is 0 Å². The zero-order valence-corrected chi connectivity index (χ0v) is 12.6. The van der Waals surface area contributed by atoms with Crippen molar-refractivity contribution in [3.05, 3.63) is 0 Å². The lowest BCUT2D eigenvalue weighted by Gasteiger charge is -1.94. The second kappa shape index (κ2) is 36.7. The summed E-state index contributed by atoms with van der Waals surface area (Å²) in [7, 11) is 0. The maximum atomic E-state index is 8.11. The molecule has 0 aliphatic rings. The van der Waals surface area contributed by atoms with Gasteiger partial charge in [-0.05, 0) is 13.3 Å². The fourth-order valence-electron chi connectivity index (χ4n) is 0.302. The lowest BCUT2D eigenvalue weighted by atomic mass is 10.5. The van der Waals surface area contributed by atoms with Crippen molar-refractivity contribution in [1.29, 1.82) is 0 Å². The molecule has 0 bridgehead atoms. The van der Waals surface area contributed by atoms with Crippen LogP contribution in [-0.4, -0.2) is 106 Å². The average Bonchev–Trinajstić information content (AvgIpc) is 2.50. The number of rotatable bonds is 8. The van der Waals surface area contributed by atoms with Crippen molar-refractivity contribution >= 4 is 0 Å². The minimum absolute atomic E-state index is 0.0278. The average molecular weight is 320 g/mol. The standard InChI is InChI=1S/C4H10O3.2C3H8O2.C2H6O2/c5-1-3-7-4-2-6;1-3(5)2-4;4-2-1-3-5;3-1-2-4/h5-6H,1-4H2;3-5H,2H2,1H3;4-5H,1-3H2;3-4H,1-2H2.